The number of nitrogens with one attached hydrogen (secondary N) is 1. The van der Waals surface area contributed by atoms with Crippen LogP contribution in [0.3, 0.4) is 0 Å². The van der Waals surface area contributed by atoms with Crippen molar-refractivity contribution in [2.75, 3.05) is 25.1 Å². The zero-order valence-corrected chi connectivity index (χ0v) is 11.7. The molecule has 0 bridgehead atoms. The van der Waals surface area contributed by atoms with Gasteiger partial charge in [-0.25, -0.2) is 0 Å². The van der Waals surface area contributed by atoms with Crippen molar-refractivity contribution in [1.29, 1.82) is 0 Å². The molecular weight excluding hydrogens is 234 g/mol. The third-order valence-electron chi connectivity index (χ3n) is 4.01. The Morgan fingerprint density at radius 1 is 1.35 bits per heavy atom. The van der Waals surface area contributed by atoms with E-state index >= 15 is 0 Å². The van der Waals surface area contributed by atoms with Crippen molar-refractivity contribution in [3.8, 4) is 0 Å². The van der Waals surface area contributed by atoms with Gasteiger partial charge in [-0.15, -0.1) is 0 Å². The third-order valence-corrected chi connectivity index (χ3v) is 4.87. The van der Waals surface area contributed by atoms with Crippen molar-refractivity contribution in [2.45, 2.75) is 56.7 Å². The molecule has 2 aliphatic rings. The molecule has 2 unspecified atom stereocenters. The first-order chi connectivity index (χ1) is 8.20. The molecular formula is C13H25NO2S. The second-order valence-electron chi connectivity index (χ2n) is 5.50. The quantitative estimate of drug-likeness (QED) is 0.740. The molecule has 1 saturated carbocycles. The summed E-state index contributed by atoms with van der Waals surface area (Å²) in [4.78, 5) is 0. The highest BCUT2D eigenvalue weighted by Gasteiger charge is 2.41. The lowest BCUT2D eigenvalue weighted by Gasteiger charge is -2.23. The standard InChI is InChI=1S/C13H25NO2S/c1-17(15)10-4-9-14-11-12-5-8-13(16-12)6-2-3-7-13/h12,14H,2-11H2,1H3. The van der Waals surface area contributed by atoms with Crippen LogP contribution in [-0.4, -0.2) is 41.0 Å². The highest BCUT2D eigenvalue weighted by molar-refractivity contribution is 7.84. The first kappa shape index (κ1) is 13.5. The molecule has 3 nitrogen and oxygen atoms in total. The molecule has 1 N–H and O–H groups in total. The number of rotatable bonds is 6. The molecule has 1 aliphatic heterocycles. The molecule has 0 aromatic carbocycles. The lowest BCUT2D eigenvalue weighted by molar-refractivity contribution is -0.0350. The van der Waals surface area contributed by atoms with Crippen LogP contribution in [0, 0.1) is 0 Å². The van der Waals surface area contributed by atoms with Gasteiger partial charge in [0.1, 0.15) is 0 Å². The first-order valence-electron chi connectivity index (χ1n) is 6.89. The fourth-order valence-electron chi connectivity index (χ4n) is 3.09. The summed E-state index contributed by atoms with van der Waals surface area (Å²) in [6.07, 6.45) is 10.9. The molecule has 100 valence electrons. The monoisotopic (exact) mass is 259 g/mol. The van der Waals surface area contributed by atoms with Gasteiger partial charge in [0.05, 0.1) is 11.7 Å². The van der Waals surface area contributed by atoms with Crippen molar-refractivity contribution < 1.29 is 8.95 Å². The Hall–Kier alpha value is 0.0700. The van der Waals surface area contributed by atoms with Gasteiger partial charge in [-0.2, -0.15) is 0 Å². The zero-order valence-electron chi connectivity index (χ0n) is 10.9. The Kier molecular flexibility index (Phi) is 5.00. The molecule has 0 aromatic heterocycles. The summed E-state index contributed by atoms with van der Waals surface area (Å²) >= 11 is 0. The zero-order chi connectivity index (χ0) is 12.1. The van der Waals surface area contributed by atoms with Crippen molar-refractivity contribution in [2.24, 2.45) is 0 Å². The maximum atomic E-state index is 10.9. The van der Waals surface area contributed by atoms with Gasteiger partial charge in [-0.1, -0.05) is 12.8 Å². The maximum Gasteiger partial charge on any atom is 0.0708 e. The predicted molar refractivity (Wildman–Crippen MR) is 71.7 cm³/mol. The van der Waals surface area contributed by atoms with Crippen molar-refractivity contribution in [1.82, 2.24) is 5.32 Å². The second-order valence-corrected chi connectivity index (χ2v) is 7.06. The minimum absolute atomic E-state index is 0.261. The molecule has 1 spiro atoms. The molecule has 1 heterocycles. The van der Waals surface area contributed by atoms with Crippen LogP contribution in [0.15, 0.2) is 0 Å². The summed E-state index contributed by atoms with van der Waals surface area (Å²) in [7, 11) is -0.649. The highest BCUT2D eigenvalue weighted by Crippen LogP contribution is 2.43. The van der Waals surface area contributed by atoms with Gasteiger partial charge in [0.2, 0.25) is 0 Å². The normalized spacial score (nSPS) is 28.9. The number of ether oxygens (including phenoxy) is 1. The van der Waals surface area contributed by atoms with Gasteiger partial charge < -0.3 is 10.1 Å². The summed E-state index contributed by atoms with van der Waals surface area (Å²) < 4.78 is 17.1. The summed E-state index contributed by atoms with van der Waals surface area (Å²) in [5.41, 5.74) is 0.261. The molecule has 17 heavy (non-hydrogen) atoms. The molecule has 4 heteroatoms. The second kappa shape index (κ2) is 6.30. The van der Waals surface area contributed by atoms with Crippen LogP contribution < -0.4 is 5.32 Å². The van der Waals surface area contributed by atoms with E-state index in [1.165, 1.54) is 38.5 Å². The average Bonchev–Trinajstić information content (AvgIpc) is 2.89. The maximum absolute atomic E-state index is 10.9. The Balaban J connectivity index is 1.57. The van der Waals surface area contributed by atoms with Crippen LogP contribution in [0.25, 0.3) is 0 Å². The van der Waals surface area contributed by atoms with Gasteiger partial charge in [-0.3, -0.25) is 4.21 Å². The van der Waals surface area contributed by atoms with E-state index in [9.17, 15) is 4.21 Å². The van der Waals surface area contributed by atoms with Crippen molar-refractivity contribution >= 4 is 10.8 Å². The van der Waals surface area contributed by atoms with Crippen molar-refractivity contribution in [3.05, 3.63) is 0 Å². The van der Waals surface area contributed by atoms with Crippen LogP contribution in [0.5, 0.6) is 0 Å². The van der Waals surface area contributed by atoms with E-state index in [-0.39, 0.29) is 5.60 Å². The minimum Gasteiger partial charge on any atom is -0.370 e. The third kappa shape index (κ3) is 4.04. The van der Waals surface area contributed by atoms with Crippen LogP contribution >= 0.6 is 0 Å². The summed E-state index contributed by atoms with van der Waals surface area (Å²) in [5, 5.41) is 3.43. The van der Waals surface area contributed by atoms with Crippen LogP contribution in [0.2, 0.25) is 0 Å². The van der Waals surface area contributed by atoms with E-state index < -0.39 is 10.8 Å². The topological polar surface area (TPSA) is 38.3 Å². The van der Waals surface area contributed by atoms with Crippen LogP contribution in [0.4, 0.5) is 0 Å². The number of hydrogen-bond donors (Lipinski definition) is 1. The molecule has 0 radical (unpaired) electrons. The molecule has 1 aliphatic carbocycles. The van der Waals surface area contributed by atoms with E-state index in [2.05, 4.69) is 5.32 Å². The van der Waals surface area contributed by atoms with Gasteiger partial charge >= 0.3 is 0 Å². The highest BCUT2D eigenvalue weighted by atomic mass is 32.2. The van der Waals surface area contributed by atoms with Gasteiger partial charge in [0.25, 0.3) is 0 Å². The fraction of sp³-hybridized carbons (Fsp3) is 1.00. The van der Waals surface area contributed by atoms with E-state index in [1.807, 2.05) is 0 Å². The lowest BCUT2D eigenvalue weighted by Crippen LogP contribution is -2.31. The van der Waals surface area contributed by atoms with Crippen LogP contribution in [-0.2, 0) is 15.5 Å². The first-order valence-corrected chi connectivity index (χ1v) is 8.61. The number of hydrogen-bond acceptors (Lipinski definition) is 3. The Bertz CT molecular complexity index is 264. The molecule has 2 atom stereocenters. The SMILES string of the molecule is CS(=O)CCCNCC1CCC2(CCCC2)O1. The minimum atomic E-state index is -0.649. The molecule has 2 rings (SSSR count). The fourth-order valence-corrected chi connectivity index (χ4v) is 3.64. The smallest absolute Gasteiger partial charge is 0.0708 e. The average molecular weight is 259 g/mol. The molecule has 0 aromatic rings. The Morgan fingerprint density at radius 3 is 2.82 bits per heavy atom. The lowest BCUT2D eigenvalue weighted by atomic mass is 9.98. The van der Waals surface area contributed by atoms with E-state index in [0.29, 0.717) is 6.10 Å². The largest absolute Gasteiger partial charge is 0.370 e. The Morgan fingerprint density at radius 2 is 2.12 bits per heavy atom. The summed E-state index contributed by atoms with van der Waals surface area (Å²) in [6.45, 7) is 1.94. The molecule has 0 amide bonds. The van der Waals surface area contributed by atoms with Gasteiger partial charge in [0.15, 0.2) is 0 Å². The van der Waals surface area contributed by atoms with Crippen molar-refractivity contribution in [3.63, 3.8) is 0 Å². The summed E-state index contributed by atoms with van der Waals surface area (Å²) in [5.74, 6) is 0.808. The van der Waals surface area contributed by atoms with E-state index in [1.54, 1.807) is 6.26 Å². The predicted octanol–water partition coefficient (Wildman–Crippen LogP) is 1.84. The Labute approximate surface area is 107 Å². The van der Waals surface area contributed by atoms with Gasteiger partial charge in [-0.05, 0) is 38.6 Å². The molecule has 2 fully saturated rings. The summed E-state index contributed by atoms with van der Waals surface area (Å²) in [6, 6.07) is 0. The van der Waals surface area contributed by atoms with E-state index in [0.717, 1.165) is 25.3 Å². The molecule has 1 saturated heterocycles. The van der Waals surface area contributed by atoms with Gasteiger partial charge in [0, 0.05) is 29.4 Å². The van der Waals surface area contributed by atoms with E-state index in [4.69, 9.17) is 4.74 Å². The van der Waals surface area contributed by atoms with Crippen LogP contribution in [0.1, 0.15) is 44.9 Å².